The Morgan fingerprint density at radius 2 is 2.15 bits per heavy atom. The van der Waals surface area contributed by atoms with Gasteiger partial charge in [0.2, 0.25) is 11.8 Å². The van der Waals surface area contributed by atoms with Crippen LogP contribution in [0.3, 0.4) is 0 Å². The number of likely N-dealkylation sites (tertiary alicyclic amines) is 1. The second-order valence-corrected chi connectivity index (χ2v) is 6.97. The molecule has 1 aromatic heterocycles. The molecule has 0 bridgehead atoms. The molecule has 7 heteroatoms. The lowest BCUT2D eigenvalue weighted by atomic mass is 9.97. The molecule has 1 aromatic carbocycles. The van der Waals surface area contributed by atoms with Gasteiger partial charge in [0, 0.05) is 37.3 Å². The maximum atomic E-state index is 13.0. The van der Waals surface area contributed by atoms with Gasteiger partial charge >= 0.3 is 0 Å². The molecule has 1 atom stereocenters. The number of anilines is 1. The number of hydrogen-bond acceptors (Lipinski definition) is 5. The monoisotopic (exact) mass is 354 g/mol. The van der Waals surface area contributed by atoms with Gasteiger partial charge in [-0.25, -0.2) is 0 Å². The number of hydrogen-bond donors (Lipinski definition) is 0. The number of aromatic nitrogens is 2. The highest BCUT2D eigenvalue weighted by atomic mass is 16.5. The second kappa shape index (κ2) is 6.90. The Morgan fingerprint density at radius 1 is 1.27 bits per heavy atom. The number of piperidine rings is 1. The average molecular weight is 354 g/mol. The Bertz CT molecular complexity index is 832. The van der Waals surface area contributed by atoms with E-state index in [1.54, 1.807) is 11.8 Å². The molecular weight excluding hydrogens is 332 g/mol. The maximum Gasteiger partial charge on any atom is 0.253 e. The normalized spacial score (nSPS) is 20.7. The van der Waals surface area contributed by atoms with Crippen molar-refractivity contribution in [3.05, 3.63) is 41.5 Å². The maximum absolute atomic E-state index is 13.0. The first-order valence-corrected chi connectivity index (χ1v) is 9.12. The zero-order valence-corrected chi connectivity index (χ0v) is 14.9. The van der Waals surface area contributed by atoms with E-state index in [0.717, 1.165) is 38.0 Å². The third-order valence-corrected chi connectivity index (χ3v) is 5.08. The molecular formula is C19H22N4O3. The van der Waals surface area contributed by atoms with Crippen LogP contribution in [0.5, 0.6) is 0 Å². The summed E-state index contributed by atoms with van der Waals surface area (Å²) in [4.78, 5) is 32.9. The highest BCUT2D eigenvalue weighted by Gasteiger charge is 2.29. The third kappa shape index (κ3) is 3.21. The molecule has 2 amide bonds. The van der Waals surface area contributed by atoms with E-state index < -0.39 is 0 Å². The number of rotatable bonds is 3. The molecule has 2 aromatic rings. The zero-order valence-electron chi connectivity index (χ0n) is 14.9. The molecule has 26 heavy (non-hydrogen) atoms. The highest BCUT2D eigenvalue weighted by molar-refractivity contribution is 5.99. The first-order valence-electron chi connectivity index (χ1n) is 9.12. The fourth-order valence-corrected chi connectivity index (χ4v) is 3.75. The van der Waals surface area contributed by atoms with E-state index in [4.69, 9.17) is 4.52 Å². The van der Waals surface area contributed by atoms with Gasteiger partial charge in [0.05, 0.1) is 5.92 Å². The van der Waals surface area contributed by atoms with E-state index in [9.17, 15) is 9.59 Å². The van der Waals surface area contributed by atoms with E-state index in [1.165, 1.54) is 0 Å². The Balaban J connectivity index is 1.51. The van der Waals surface area contributed by atoms with Crippen molar-refractivity contribution >= 4 is 17.5 Å². The fraction of sp³-hybridized carbons (Fsp3) is 0.474. The number of carbonyl (C=O) groups excluding carboxylic acids is 2. The van der Waals surface area contributed by atoms with Gasteiger partial charge in [-0.3, -0.25) is 9.59 Å². The number of aryl methyl sites for hydroxylation is 1. The lowest BCUT2D eigenvalue weighted by Gasteiger charge is -2.31. The van der Waals surface area contributed by atoms with Crippen LogP contribution in [0.1, 0.15) is 53.7 Å². The van der Waals surface area contributed by atoms with Crippen LogP contribution in [-0.4, -0.2) is 46.5 Å². The Hall–Kier alpha value is -2.70. The van der Waals surface area contributed by atoms with Crippen LogP contribution in [0, 0.1) is 6.92 Å². The van der Waals surface area contributed by atoms with Gasteiger partial charge in [0.1, 0.15) is 0 Å². The summed E-state index contributed by atoms with van der Waals surface area (Å²) < 4.78 is 5.29. The largest absolute Gasteiger partial charge is 0.339 e. The summed E-state index contributed by atoms with van der Waals surface area (Å²) in [6.45, 7) is 3.81. The van der Waals surface area contributed by atoms with Crippen molar-refractivity contribution in [2.24, 2.45) is 0 Å². The highest BCUT2D eigenvalue weighted by Crippen LogP contribution is 2.28. The Morgan fingerprint density at radius 3 is 2.88 bits per heavy atom. The summed E-state index contributed by atoms with van der Waals surface area (Å²) in [5, 5.41) is 3.86. The van der Waals surface area contributed by atoms with E-state index in [0.29, 0.717) is 30.2 Å². The molecule has 2 fully saturated rings. The minimum Gasteiger partial charge on any atom is -0.339 e. The van der Waals surface area contributed by atoms with Crippen molar-refractivity contribution in [2.75, 3.05) is 24.5 Å². The summed E-state index contributed by atoms with van der Waals surface area (Å²) in [5.74, 6) is 1.42. The van der Waals surface area contributed by atoms with Gasteiger partial charge in [-0.05, 0) is 44.4 Å². The van der Waals surface area contributed by atoms with E-state index in [1.807, 2.05) is 29.2 Å². The number of benzene rings is 1. The minimum absolute atomic E-state index is 0.0144. The van der Waals surface area contributed by atoms with Crippen LogP contribution < -0.4 is 4.90 Å². The summed E-state index contributed by atoms with van der Waals surface area (Å²) in [5.41, 5.74) is 1.42. The molecule has 0 radical (unpaired) electrons. The van der Waals surface area contributed by atoms with E-state index >= 15 is 0 Å². The standard InChI is InChI=1S/C19H22N4O3/c1-13-20-18(26-21-13)15-6-3-9-22(12-15)19(25)14-5-2-7-16(11-14)23-10-4-8-17(23)24/h2,5,7,11,15H,3-4,6,8-10,12H2,1H3. The molecule has 1 unspecified atom stereocenters. The molecule has 2 aliphatic heterocycles. The SMILES string of the molecule is Cc1noc(C2CCCN(C(=O)c3cccc(N4CCCC4=O)c3)C2)n1. The average Bonchev–Trinajstić information content (AvgIpc) is 3.29. The first-order chi connectivity index (χ1) is 12.6. The molecule has 2 saturated heterocycles. The zero-order chi connectivity index (χ0) is 18.1. The van der Waals surface area contributed by atoms with Gasteiger partial charge in [-0.2, -0.15) is 4.98 Å². The van der Waals surface area contributed by atoms with Crippen molar-refractivity contribution in [1.82, 2.24) is 15.0 Å². The topological polar surface area (TPSA) is 79.5 Å². The second-order valence-electron chi connectivity index (χ2n) is 6.97. The fourth-order valence-electron chi connectivity index (χ4n) is 3.75. The Kier molecular flexibility index (Phi) is 4.44. The van der Waals surface area contributed by atoms with Crippen molar-refractivity contribution in [2.45, 2.75) is 38.5 Å². The predicted molar refractivity (Wildman–Crippen MR) is 94.9 cm³/mol. The van der Waals surface area contributed by atoms with Crippen molar-refractivity contribution in [3.63, 3.8) is 0 Å². The lowest BCUT2D eigenvalue weighted by Crippen LogP contribution is -2.39. The van der Waals surface area contributed by atoms with Crippen LogP contribution in [0.2, 0.25) is 0 Å². The molecule has 4 rings (SSSR count). The van der Waals surface area contributed by atoms with Crippen LogP contribution >= 0.6 is 0 Å². The molecule has 136 valence electrons. The molecule has 0 saturated carbocycles. The summed E-state index contributed by atoms with van der Waals surface area (Å²) in [6, 6.07) is 7.37. The van der Waals surface area contributed by atoms with Gasteiger partial charge in [-0.1, -0.05) is 11.2 Å². The smallest absolute Gasteiger partial charge is 0.253 e. The van der Waals surface area contributed by atoms with Gasteiger partial charge in [-0.15, -0.1) is 0 Å². The van der Waals surface area contributed by atoms with E-state index in [-0.39, 0.29) is 17.7 Å². The van der Waals surface area contributed by atoms with Crippen LogP contribution in [-0.2, 0) is 4.79 Å². The molecule has 0 N–H and O–H groups in total. The minimum atomic E-state index is -0.0144. The summed E-state index contributed by atoms with van der Waals surface area (Å²) in [7, 11) is 0. The van der Waals surface area contributed by atoms with Crippen LogP contribution in [0.15, 0.2) is 28.8 Å². The van der Waals surface area contributed by atoms with E-state index in [2.05, 4.69) is 10.1 Å². The van der Waals surface area contributed by atoms with Crippen LogP contribution in [0.25, 0.3) is 0 Å². The molecule has 3 heterocycles. The quantitative estimate of drug-likeness (QED) is 0.846. The lowest BCUT2D eigenvalue weighted by molar-refractivity contribution is -0.117. The summed E-state index contributed by atoms with van der Waals surface area (Å²) in [6.07, 6.45) is 3.29. The molecule has 0 aliphatic carbocycles. The van der Waals surface area contributed by atoms with Crippen molar-refractivity contribution in [3.8, 4) is 0 Å². The van der Waals surface area contributed by atoms with Gasteiger partial charge < -0.3 is 14.3 Å². The van der Waals surface area contributed by atoms with Crippen molar-refractivity contribution in [1.29, 1.82) is 0 Å². The van der Waals surface area contributed by atoms with Crippen molar-refractivity contribution < 1.29 is 14.1 Å². The number of carbonyl (C=O) groups is 2. The van der Waals surface area contributed by atoms with Gasteiger partial charge in [0.15, 0.2) is 5.82 Å². The van der Waals surface area contributed by atoms with Crippen LogP contribution in [0.4, 0.5) is 5.69 Å². The molecule has 7 nitrogen and oxygen atoms in total. The third-order valence-electron chi connectivity index (χ3n) is 5.08. The first kappa shape index (κ1) is 16.8. The molecule has 0 spiro atoms. The van der Waals surface area contributed by atoms with Gasteiger partial charge in [0.25, 0.3) is 5.91 Å². The summed E-state index contributed by atoms with van der Waals surface area (Å²) >= 11 is 0. The number of nitrogens with zero attached hydrogens (tertiary/aromatic N) is 4. The predicted octanol–water partition coefficient (Wildman–Crippen LogP) is 2.52. The molecule has 2 aliphatic rings. The Labute approximate surface area is 152 Å². The number of amides is 2.